The first-order valence-corrected chi connectivity index (χ1v) is 8.51. The van der Waals surface area contributed by atoms with Gasteiger partial charge in [0.25, 0.3) is 5.91 Å². The van der Waals surface area contributed by atoms with E-state index in [1.807, 2.05) is 0 Å². The van der Waals surface area contributed by atoms with Crippen molar-refractivity contribution < 1.29 is 14.3 Å². The molecule has 0 aliphatic carbocycles. The lowest BCUT2D eigenvalue weighted by Gasteiger charge is -2.11. The number of carbonyl (C=O) groups is 1. The third kappa shape index (κ3) is 3.15. The fourth-order valence-corrected chi connectivity index (χ4v) is 3.95. The van der Waals surface area contributed by atoms with Crippen molar-refractivity contribution in [1.82, 2.24) is 0 Å². The number of carbonyl (C=O) groups excluding carboxylic acids is 1. The summed E-state index contributed by atoms with van der Waals surface area (Å²) in [4.78, 5) is 13.0. The summed E-state index contributed by atoms with van der Waals surface area (Å²) >= 11 is 13.6. The number of hydrogen-bond acceptors (Lipinski definition) is 4. The molecule has 0 aliphatic heterocycles. The van der Waals surface area contributed by atoms with Gasteiger partial charge in [0.1, 0.15) is 16.4 Å². The highest BCUT2D eigenvalue weighted by Gasteiger charge is 2.19. The Balaban J connectivity index is 1.94. The Morgan fingerprint density at radius 1 is 1.08 bits per heavy atom. The standard InChI is InChI=1S/C17H13Cl2NO3S/c1-22-10-4-6-12(13(8-10)23-2)20-17(21)16-15(19)11-5-3-9(18)7-14(11)24-16/h3-8H,1-2H3,(H,20,21). The van der Waals surface area contributed by atoms with Gasteiger partial charge in [-0.3, -0.25) is 4.79 Å². The number of thiophene rings is 1. The quantitative estimate of drug-likeness (QED) is 0.650. The predicted octanol–water partition coefficient (Wildman–Crippen LogP) is 5.48. The Kier molecular flexibility index (Phi) is 4.85. The summed E-state index contributed by atoms with van der Waals surface area (Å²) in [6, 6.07) is 10.5. The molecule has 7 heteroatoms. The number of amides is 1. The van der Waals surface area contributed by atoms with E-state index in [9.17, 15) is 4.79 Å². The van der Waals surface area contributed by atoms with Crippen molar-refractivity contribution >= 4 is 56.2 Å². The van der Waals surface area contributed by atoms with Crippen LogP contribution in [0.2, 0.25) is 10.0 Å². The van der Waals surface area contributed by atoms with Crippen LogP contribution in [0.5, 0.6) is 11.5 Å². The number of rotatable bonds is 4. The molecule has 3 rings (SSSR count). The average Bonchev–Trinajstić information content (AvgIpc) is 2.91. The van der Waals surface area contributed by atoms with Gasteiger partial charge in [0.2, 0.25) is 0 Å². The van der Waals surface area contributed by atoms with Crippen LogP contribution in [0, 0.1) is 0 Å². The van der Waals surface area contributed by atoms with Gasteiger partial charge in [-0.25, -0.2) is 0 Å². The van der Waals surface area contributed by atoms with Crippen LogP contribution in [0.1, 0.15) is 9.67 Å². The van der Waals surface area contributed by atoms with Crippen molar-refractivity contribution in [3.63, 3.8) is 0 Å². The van der Waals surface area contributed by atoms with Crippen molar-refractivity contribution in [2.24, 2.45) is 0 Å². The van der Waals surface area contributed by atoms with Crippen molar-refractivity contribution in [2.75, 3.05) is 19.5 Å². The van der Waals surface area contributed by atoms with Crippen LogP contribution in [0.3, 0.4) is 0 Å². The van der Waals surface area contributed by atoms with E-state index >= 15 is 0 Å². The summed E-state index contributed by atoms with van der Waals surface area (Å²) in [7, 11) is 3.09. The van der Waals surface area contributed by atoms with Gasteiger partial charge in [-0.05, 0) is 24.3 Å². The van der Waals surface area contributed by atoms with Crippen LogP contribution in [0.4, 0.5) is 5.69 Å². The number of benzene rings is 2. The lowest BCUT2D eigenvalue weighted by atomic mass is 10.2. The Hall–Kier alpha value is -1.95. The van der Waals surface area contributed by atoms with Gasteiger partial charge in [-0.15, -0.1) is 11.3 Å². The molecule has 3 aromatic rings. The maximum Gasteiger partial charge on any atom is 0.267 e. The molecule has 0 radical (unpaired) electrons. The van der Waals surface area contributed by atoms with E-state index < -0.39 is 0 Å². The summed E-state index contributed by atoms with van der Waals surface area (Å²) in [6.07, 6.45) is 0. The second-order valence-corrected chi connectivity index (χ2v) is 6.77. The van der Waals surface area contributed by atoms with E-state index in [1.165, 1.54) is 18.4 Å². The van der Waals surface area contributed by atoms with E-state index in [2.05, 4.69) is 5.32 Å². The average molecular weight is 382 g/mol. The normalized spacial score (nSPS) is 10.7. The summed E-state index contributed by atoms with van der Waals surface area (Å²) in [5.41, 5.74) is 0.537. The van der Waals surface area contributed by atoms with Gasteiger partial charge in [0.05, 0.1) is 24.9 Å². The van der Waals surface area contributed by atoms with Gasteiger partial charge in [-0.1, -0.05) is 29.3 Å². The molecule has 0 atom stereocenters. The summed E-state index contributed by atoms with van der Waals surface area (Å²) in [5, 5.41) is 4.64. The van der Waals surface area contributed by atoms with Crippen molar-refractivity contribution in [3.05, 3.63) is 51.3 Å². The molecule has 0 saturated heterocycles. The highest BCUT2D eigenvalue weighted by atomic mass is 35.5. The summed E-state index contributed by atoms with van der Waals surface area (Å²) < 4.78 is 11.3. The largest absolute Gasteiger partial charge is 0.497 e. The predicted molar refractivity (Wildman–Crippen MR) is 99.3 cm³/mol. The van der Waals surface area contributed by atoms with Gasteiger partial charge in [0, 0.05) is 21.2 Å². The molecule has 1 aromatic heterocycles. The molecule has 1 N–H and O–H groups in total. The third-order valence-electron chi connectivity index (χ3n) is 3.45. The van der Waals surface area contributed by atoms with Crippen molar-refractivity contribution in [1.29, 1.82) is 0 Å². The Labute approximate surface area is 152 Å². The van der Waals surface area contributed by atoms with E-state index in [0.717, 1.165) is 10.1 Å². The fraction of sp³-hybridized carbons (Fsp3) is 0.118. The van der Waals surface area contributed by atoms with E-state index in [-0.39, 0.29) is 5.91 Å². The maximum atomic E-state index is 12.6. The minimum absolute atomic E-state index is 0.305. The Morgan fingerprint density at radius 3 is 2.58 bits per heavy atom. The van der Waals surface area contributed by atoms with Gasteiger partial charge < -0.3 is 14.8 Å². The molecule has 0 unspecified atom stereocenters. The molecule has 24 heavy (non-hydrogen) atoms. The molecule has 1 heterocycles. The first-order valence-electron chi connectivity index (χ1n) is 6.94. The molecule has 124 valence electrons. The molecular formula is C17H13Cl2NO3S. The molecule has 1 amide bonds. The number of nitrogens with one attached hydrogen (secondary N) is 1. The molecule has 0 spiro atoms. The lowest BCUT2D eigenvalue weighted by molar-refractivity contribution is 0.103. The SMILES string of the molecule is COc1ccc(NC(=O)c2sc3cc(Cl)ccc3c2Cl)c(OC)c1. The summed E-state index contributed by atoms with van der Waals surface area (Å²) in [5.74, 6) is 0.836. The minimum atomic E-state index is -0.305. The first-order chi connectivity index (χ1) is 11.5. The number of ether oxygens (including phenoxy) is 2. The summed E-state index contributed by atoms with van der Waals surface area (Å²) in [6.45, 7) is 0. The van der Waals surface area contributed by atoms with Crippen molar-refractivity contribution in [3.8, 4) is 11.5 Å². The second-order valence-electron chi connectivity index (χ2n) is 4.91. The van der Waals surface area contributed by atoms with Crippen LogP contribution in [0.15, 0.2) is 36.4 Å². The smallest absolute Gasteiger partial charge is 0.267 e. The van der Waals surface area contributed by atoms with Crippen LogP contribution in [0.25, 0.3) is 10.1 Å². The zero-order valence-electron chi connectivity index (χ0n) is 12.9. The first kappa shape index (κ1) is 16.9. The molecule has 0 aliphatic rings. The Morgan fingerprint density at radius 2 is 1.88 bits per heavy atom. The monoisotopic (exact) mass is 381 g/mol. The highest BCUT2D eigenvalue weighted by Crippen LogP contribution is 2.38. The lowest BCUT2D eigenvalue weighted by Crippen LogP contribution is -2.11. The maximum absolute atomic E-state index is 12.6. The van der Waals surface area contributed by atoms with Crippen LogP contribution in [-0.2, 0) is 0 Å². The molecule has 2 aromatic carbocycles. The zero-order valence-corrected chi connectivity index (χ0v) is 15.2. The topological polar surface area (TPSA) is 47.6 Å². The highest BCUT2D eigenvalue weighted by molar-refractivity contribution is 7.21. The van der Waals surface area contributed by atoms with Gasteiger partial charge in [-0.2, -0.15) is 0 Å². The Bertz CT molecular complexity index is 924. The van der Waals surface area contributed by atoms with Crippen molar-refractivity contribution in [2.45, 2.75) is 0 Å². The van der Waals surface area contributed by atoms with E-state index in [0.29, 0.717) is 32.1 Å². The van der Waals surface area contributed by atoms with Gasteiger partial charge in [0.15, 0.2) is 0 Å². The van der Waals surface area contributed by atoms with Crippen LogP contribution < -0.4 is 14.8 Å². The number of hydrogen-bond donors (Lipinski definition) is 1. The third-order valence-corrected chi connectivity index (χ3v) is 5.35. The molecule has 0 bridgehead atoms. The molecule has 0 saturated carbocycles. The fourth-order valence-electron chi connectivity index (χ4n) is 2.27. The molecular weight excluding hydrogens is 369 g/mol. The molecule has 4 nitrogen and oxygen atoms in total. The van der Waals surface area contributed by atoms with Crippen LogP contribution >= 0.6 is 34.5 Å². The number of methoxy groups -OCH3 is 2. The number of halogens is 2. The molecule has 0 fully saturated rings. The van der Waals surface area contributed by atoms with Gasteiger partial charge >= 0.3 is 0 Å². The second kappa shape index (κ2) is 6.89. The van der Waals surface area contributed by atoms with Crippen LogP contribution in [-0.4, -0.2) is 20.1 Å². The minimum Gasteiger partial charge on any atom is -0.497 e. The van der Waals surface area contributed by atoms with E-state index in [4.69, 9.17) is 32.7 Å². The zero-order chi connectivity index (χ0) is 17.3. The number of fused-ring (bicyclic) bond motifs is 1. The number of anilines is 1. The van der Waals surface area contributed by atoms with E-state index in [1.54, 1.807) is 43.5 Å².